The van der Waals surface area contributed by atoms with E-state index in [1.165, 1.54) is 5.56 Å². The molecule has 17 heavy (non-hydrogen) atoms. The van der Waals surface area contributed by atoms with E-state index in [1.54, 1.807) is 13.8 Å². The van der Waals surface area contributed by atoms with Crippen LogP contribution in [-0.2, 0) is 16.6 Å². The van der Waals surface area contributed by atoms with Crippen molar-refractivity contribution >= 4 is 21.9 Å². The van der Waals surface area contributed by atoms with Crippen LogP contribution in [-0.4, -0.2) is 11.1 Å². The maximum absolute atomic E-state index is 11.2. The van der Waals surface area contributed by atoms with E-state index in [9.17, 15) is 9.90 Å². The molecule has 0 aliphatic heterocycles. The molecule has 1 aromatic rings. The highest BCUT2D eigenvalue weighted by atomic mass is 79.9. The third-order valence-corrected chi connectivity index (χ3v) is 3.68. The molecule has 0 atom stereocenters. The molecule has 3 heteroatoms. The second-order valence-corrected chi connectivity index (χ2v) is 6.19. The lowest BCUT2D eigenvalue weighted by Gasteiger charge is -2.21. The molecule has 0 aromatic heterocycles. The summed E-state index contributed by atoms with van der Waals surface area (Å²) >= 11 is 3.52. The summed E-state index contributed by atoms with van der Waals surface area (Å²) in [5, 5.41) is 9.19. The van der Waals surface area contributed by atoms with Crippen LogP contribution < -0.4 is 0 Å². The minimum atomic E-state index is -0.848. The van der Waals surface area contributed by atoms with E-state index in [1.807, 2.05) is 18.2 Å². The van der Waals surface area contributed by atoms with Crippen molar-refractivity contribution < 1.29 is 9.90 Å². The zero-order valence-electron chi connectivity index (χ0n) is 10.7. The summed E-state index contributed by atoms with van der Waals surface area (Å²) in [5.41, 5.74) is 1.20. The smallest absolute Gasteiger partial charge is 0.313 e. The van der Waals surface area contributed by atoms with Gasteiger partial charge in [0, 0.05) is 4.47 Å². The van der Waals surface area contributed by atoms with Gasteiger partial charge in [0.25, 0.3) is 0 Å². The number of rotatable bonds is 4. The topological polar surface area (TPSA) is 37.3 Å². The van der Waals surface area contributed by atoms with Gasteiger partial charge in [-0.05, 0) is 43.4 Å². The van der Waals surface area contributed by atoms with Crippen molar-refractivity contribution in [2.24, 2.45) is 5.92 Å². The van der Waals surface area contributed by atoms with Gasteiger partial charge in [0.2, 0.25) is 0 Å². The SMILES string of the molecule is CC(C)Cc1ccc(C(C)(C)C(=O)O)cc1Br. The molecular formula is C14H19BrO2. The monoisotopic (exact) mass is 298 g/mol. The predicted octanol–water partition coefficient (Wildman–Crippen LogP) is 4.01. The quantitative estimate of drug-likeness (QED) is 0.912. The first-order valence-corrected chi connectivity index (χ1v) is 6.56. The highest BCUT2D eigenvalue weighted by Gasteiger charge is 2.29. The zero-order valence-corrected chi connectivity index (χ0v) is 12.3. The first-order chi connectivity index (χ1) is 7.75. The van der Waals surface area contributed by atoms with E-state index < -0.39 is 11.4 Å². The standard InChI is InChI=1S/C14H19BrO2/c1-9(2)7-10-5-6-11(8-12(10)15)14(3,4)13(16)17/h5-6,8-9H,7H2,1-4H3,(H,16,17). The number of halogens is 1. The summed E-state index contributed by atoms with van der Waals surface area (Å²) in [5.74, 6) is -0.217. The Labute approximate surface area is 111 Å². The Morgan fingerprint density at radius 2 is 2.00 bits per heavy atom. The predicted molar refractivity (Wildman–Crippen MR) is 73.3 cm³/mol. The summed E-state index contributed by atoms with van der Waals surface area (Å²) in [6.45, 7) is 7.78. The summed E-state index contributed by atoms with van der Waals surface area (Å²) < 4.78 is 0.998. The molecule has 1 aromatic carbocycles. The number of benzene rings is 1. The largest absolute Gasteiger partial charge is 0.481 e. The minimum absolute atomic E-state index is 0.588. The molecule has 0 amide bonds. The van der Waals surface area contributed by atoms with Crippen LogP contribution in [0.25, 0.3) is 0 Å². The molecule has 1 rings (SSSR count). The van der Waals surface area contributed by atoms with Gasteiger partial charge in [-0.25, -0.2) is 0 Å². The Morgan fingerprint density at radius 3 is 2.41 bits per heavy atom. The highest BCUT2D eigenvalue weighted by molar-refractivity contribution is 9.10. The van der Waals surface area contributed by atoms with Crippen molar-refractivity contribution in [3.05, 3.63) is 33.8 Å². The molecule has 0 radical (unpaired) electrons. The van der Waals surface area contributed by atoms with Gasteiger partial charge in [-0.15, -0.1) is 0 Å². The van der Waals surface area contributed by atoms with Crippen LogP contribution >= 0.6 is 15.9 Å². The van der Waals surface area contributed by atoms with Crippen LogP contribution in [0.3, 0.4) is 0 Å². The maximum Gasteiger partial charge on any atom is 0.313 e. The summed E-state index contributed by atoms with van der Waals surface area (Å²) in [7, 11) is 0. The van der Waals surface area contributed by atoms with Gasteiger partial charge >= 0.3 is 5.97 Å². The number of carboxylic acid groups (broad SMARTS) is 1. The van der Waals surface area contributed by atoms with Gasteiger partial charge < -0.3 is 5.11 Å². The Balaban J connectivity index is 3.08. The van der Waals surface area contributed by atoms with Crippen molar-refractivity contribution in [2.75, 3.05) is 0 Å². The number of carbonyl (C=O) groups is 1. The van der Waals surface area contributed by atoms with E-state index in [2.05, 4.69) is 29.8 Å². The fraction of sp³-hybridized carbons (Fsp3) is 0.500. The van der Waals surface area contributed by atoms with Crippen molar-refractivity contribution in [1.82, 2.24) is 0 Å². The van der Waals surface area contributed by atoms with Crippen molar-refractivity contribution in [2.45, 2.75) is 39.5 Å². The average Bonchev–Trinajstić information content (AvgIpc) is 2.20. The van der Waals surface area contributed by atoms with Gasteiger partial charge in [-0.1, -0.05) is 41.9 Å². The third-order valence-electron chi connectivity index (χ3n) is 2.94. The maximum atomic E-state index is 11.2. The van der Waals surface area contributed by atoms with Crippen LogP contribution in [0, 0.1) is 5.92 Å². The number of carboxylic acids is 1. The second kappa shape index (κ2) is 5.21. The first kappa shape index (κ1) is 14.2. The molecular weight excluding hydrogens is 280 g/mol. The summed E-state index contributed by atoms with van der Waals surface area (Å²) in [4.78, 5) is 11.2. The van der Waals surface area contributed by atoms with Crippen molar-refractivity contribution in [3.8, 4) is 0 Å². The molecule has 0 aliphatic carbocycles. The third kappa shape index (κ3) is 3.32. The van der Waals surface area contributed by atoms with Crippen LogP contribution in [0.1, 0.15) is 38.8 Å². The van der Waals surface area contributed by atoms with Gasteiger partial charge in [-0.2, -0.15) is 0 Å². The van der Waals surface area contributed by atoms with Crippen molar-refractivity contribution in [3.63, 3.8) is 0 Å². The molecule has 0 saturated heterocycles. The van der Waals surface area contributed by atoms with Crippen molar-refractivity contribution in [1.29, 1.82) is 0 Å². The fourth-order valence-electron chi connectivity index (χ4n) is 1.66. The van der Waals surface area contributed by atoms with E-state index >= 15 is 0 Å². The van der Waals surface area contributed by atoms with Crippen LogP contribution in [0.5, 0.6) is 0 Å². The minimum Gasteiger partial charge on any atom is -0.481 e. The number of aliphatic carboxylic acids is 1. The molecule has 0 aliphatic rings. The lowest BCUT2D eigenvalue weighted by molar-refractivity contribution is -0.142. The lowest BCUT2D eigenvalue weighted by atomic mass is 9.84. The van der Waals surface area contributed by atoms with E-state index in [4.69, 9.17) is 0 Å². The molecule has 0 heterocycles. The van der Waals surface area contributed by atoms with Crippen LogP contribution in [0.4, 0.5) is 0 Å². The number of hydrogen-bond acceptors (Lipinski definition) is 1. The molecule has 2 nitrogen and oxygen atoms in total. The number of hydrogen-bond donors (Lipinski definition) is 1. The lowest BCUT2D eigenvalue weighted by Crippen LogP contribution is -2.28. The molecule has 0 spiro atoms. The van der Waals surface area contributed by atoms with Gasteiger partial charge in [0.1, 0.15) is 0 Å². The second-order valence-electron chi connectivity index (χ2n) is 5.33. The van der Waals surface area contributed by atoms with E-state index in [-0.39, 0.29) is 0 Å². The normalized spacial score (nSPS) is 11.9. The Morgan fingerprint density at radius 1 is 1.41 bits per heavy atom. The molecule has 94 valence electrons. The first-order valence-electron chi connectivity index (χ1n) is 5.77. The Bertz CT molecular complexity index is 422. The van der Waals surface area contributed by atoms with Gasteiger partial charge in [0.05, 0.1) is 5.41 Å². The van der Waals surface area contributed by atoms with Gasteiger partial charge in [-0.3, -0.25) is 4.79 Å². The van der Waals surface area contributed by atoms with Crippen LogP contribution in [0.2, 0.25) is 0 Å². The van der Waals surface area contributed by atoms with Gasteiger partial charge in [0.15, 0.2) is 0 Å². The van der Waals surface area contributed by atoms with E-state index in [0.717, 1.165) is 16.5 Å². The van der Waals surface area contributed by atoms with Crippen LogP contribution in [0.15, 0.2) is 22.7 Å². The van der Waals surface area contributed by atoms with E-state index in [0.29, 0.717) is 5.92 Å². The molecule has 1 N–H and O–H groups in total. The molecule has 0 saturated carbocycles. The fourth-order valence-corrected chi connectivity index (χ4v) is 2.21. The summed E-state index contributed by atoms with van der Waals surface area (Å²) in [6, 6.07) is 5.85. The zero-order chi connectivity index (χ0) is 13.2. The molecule has 0 fully saturated rings. The molecule has 0 unspecified atom stereocenters. The highest BCUT2D eigenvalue weighted by Crippen LogP contribution is 2.29. The average molecular weight is 299 g/mol. The Kier molecular flexibility index (Phi) is 4.36. The molecule has 0 bridgehead atoms. The Hall–Kier alpha value is -0.830. The summed E-state index contributed by atoms with van der Waals surface area (Å²) in [6.07, 6.45) is 0.994.